The molecule has 3 heterocycles. The number of allylic oxidation sites excluding steroid dienone is 1. The van der Waals surface area contributed by atoms with E-state index in [9.17, 15) is 4.79 Å². The lowest BCUT2D eigenvalue weighted by Gasteiger charge is -2.39. The maximum absolute atomic E-state index is 14.6. The Hall–Kier alpha value is -3.29. The van der Waals surface area contributed by atoms with Gasteiger partial charge in [0, 0.05) is 55.6 Å². The highest BCUT2D eigenvalue weighted by molar-refractivity contribution is 6.05. The van der Waals surface area contributed by atoms with E-state index in [1.807, 2.05) is 4.90 Å². The van der Waals surface area contributed by atoms with Crippen LogP contribution in [0.3, 0.4) is 0 Å². The fraction of sp³-hybridized carbons (Fsp3) is 0.541. The standard InChI is InChI=1S/C37H50N4O3/c1-5-28-10-7-11-30(22-28)41-27(3)9-6-13-34(35(36(41)42)44-25-37(4)16-17-37)40-19-18-38-33(24-40)32-15-14-29(21-26(32)2)39-23-31-12-8-20-43-31/h6-7,10-11,13-15,21-22,27,31,33,38-39H,5,8-9,12,16-20,23-25H2,1-4H3/b13-6+,35-34-. The third-order valence-corrected chi connectivity index (χ3v) is 9.82. The van der Waals surface area contributed by atoms with Gasteiger partial charge in [0.15, 0.2) is 0 Å². The van der Waals surface area contributed by atoms with Crippen molar-refractivity contribution >= 4 is 17.3 Å². The van der Waals surface area contributed by atoms with Crippen molar-refractivity contribution in [2.24, 2.45) is 5.41 Å². The third-order valence-electron chi connectivity index (χ3n) is 9.82. The van der Waals surface area contributed by atoms with Crippen LogP contribution in [0.15, 0.2) is 66.1 Å². The van der Waals surface area contributed by atoms with E-state index in [0.29, 0.717) is 18.5 Å². The summed E-state index contributed by atoms with van der Waals surface area (Å²) in [7, 11) is 0. The zero-order chi connectivity index (χ0) is 30.7. The predicted molar refractivity (Wildman–Crippen MR) is 178 cm³/mol. The molecule has 3 atom stereocenters. The van der Waals surface area contributed by atoms with Crippen LogP contribution in [0.2, 0.25) is 0 Å². The Kier molecular flexibility index (Phi) is 9.34. The van der Waals surface area contributed by atoms with Gasteiger partial charge in [-0.1, -0.05) is 38.1 Å². The highest BCUT2D eigenvalue weighted by Crippen LogP contribution is 2.45. The molecule has 1 aliphatic carbocycles. The van der Waals surface area contributed by atoms with Gasteiger partial charge in [-0.25, -0.2) is 0 Å². The number of carbonyl (C=O) groups excluding carboxylic acids is 1. The van der Waals surface area contributed by atoms with Gasteiger partial charge in [-0.3, -0.25) is 4.79 Å². The summed E-state index contributed by atoms with van der Waals surface area (Å²) in [6.45, 7) is 13.4. The number of nitrogens with zero attached hydrogens (tertiary/aromatic N) is 2. The van der Waals surface area contributed by atoms with Crippen LogP contribution in [0.25, 0.3) is 0 Å². The first-order valence-electron chi connectivity index (χ1n) is 16.7. The summed E-state index contributed by atoms with van der Waals surface area (Å²) in [6.07, 6.45) is 11.0. The lowest BCUT2D eigenvalue weighted by atomic mass is 9.98. The molecule has 3 aliphatic heterocycles. The molecule has 6 rings (SSSR count). The van der Waals surface area contributed by atoms with E-state index >= 15 is 0 Å². The van der Waals surface area contributed by atoms with Crippen molar-refractivity contribution in [3.05, 3.63) is 82.8 Å². The molecule has 236 valence electrons. The second-order valence-corrected chi connectivity index (χ2v) is 13.5. The molecule has 3 unspecified atom stereocenters. The Morgan fingerprint density at radius 1 is 1.18 bits per heavy atom. The first kappa shape index (κ1) is 30.7. The quantitative estimate of drug-likeness (QED) is 0.325. The van der Waals surface area contributed by atoms with Gasteiger partial charge in [-0.15, -0.1) is 0 Å². The largest absolute Gasteiger partial charge is 0.486 e. The fourth-order valence-electron chi connectivity index (χ4n) is 6.65. The van der Waals surface area contributed by atoms with Crippen LogP contribution in [0.5, 0.6) is 0 Å². The molecule has 0 spiro atoms. The third kappa shape index (κ3) is 7.00. The van der Waals surface area contributed by atoms with Gasteiger partial charge in [-0.2, -0.15) is 0 Å². The molecule has 7 heteroatoms. The van der Waals surface area contributed by atoms with E-state index in [0.717, 1.165) is 88.4 Å². The van der Waals surface area contributed by atoms with Crippen molar-refractivity contribution in [1.82, 2.24) is 10.2 Å². The number of ether oxygens (including phenoxy) is 2. The van der Waals surface area contributed by atoms with Gasteiger partial charge in [0.05, 0.1) is 24.4 Å². The molecule has 4 aliphatic rings. The Morgan fingerprint density at radius 3 is 2.80 bits per heavy atom. The fourth-order valence-corrected chi connectivity index (χ4v) is 6.65. The molecule has 0 bridgehead atoms. The van der Waals surface area contributed by atoms with E-state index in [1.54, 1.807) is 0 Å². The molecule has 2 aromatic rings. The smallest absolute Gasteiger partial charge is 0.295 e. The molecule has 7 nitrogen and oxygen atoms in total. The van der Waals surface area contributed by atoms with E-state index < -0.39 is 0 Å². The Bertz CT molecular complexity index is 1390. The molecular formula is C37H50N4O3. The lowest BCUT2D eigenvalue weighted by Crippen LogP contribution is -2.47. The van der Waals surface area contributed by atoms with E-state index in [1.165, 1.54) is 16.7 Å². The van der Waals surface area contributed by atoms with Crippen molar-refractivity contribution in [1.29, 1.82) is 0 Å². The summed E-state index contributed by atoms with van der Waals surface area (Å²) in [5.41, 5.74) is 6.92. The van der Waals surface area contributed by atoms with Crippen LogP contribution < -0.4 is 15.5 Å². The maximum atomic E-state index is 14.6. The Morgan fingerprint density at radius 2 is 2.05 bits per heavy atom. The van der Waals surface area contributed by atoms with E-state index in [4.69, 9.17) is 9.47 Å². The summed E-state index contributed by atoms with van der Waals surface area (Å²) in [6, 6.07) is 15.3. The van der Waals surface area contributed by atoms with Crippen molar-refractivity contribution in [3.8, 4) is 0 Å². The van der Waals surface area contributed by atoms with Crippen LogP contribution in [0.1, 0.15) is 75.6 Å². The molecule has 2 aromatic carbocycles. The molecule has 3 fully saturated rings. The SMILES string of the molecule is CCc1cccc(N2C(=O)/C(OCC3(C)CC3)=C(N3CCNC(c4ccc(NCC5CCCO5)cc4C)C3)\C=C\CC2C)c1. The number of anilines is 2. The number of carbonyl (C=O) groups is 1. The number of hydrogen-bond donors (Lipinski definition) is 2. The molecule has 44 heavy (non-hydrogen) atoms. The average molecular weight is 599 g/mol. The number of hydrogen-bond acceptors (Lipinski definition) is 6. The van der Waals surface area contributed by atoms with E-state index in [-0.39, 0.29) is 23.4 Å². The van der Waals surface area contributed by atoms with Crippen LogP contribution >= 0.6 is 0 Å². The van der Waals surface area contributed by atoms with Crippen LogP contribution in [0.4, 0.5) is 11.4 Å². The number of benzene rings is 2. The number of piperazine rings is 1. The zero-order valence-corrected chi connectivity index (χ0v) is 27.0. The molecule has 1 amide bonds. The van der Waals surface area contributed by atoms with Crippen molar-refractivity contribution < 1.29 is 14.3 Å². The molecule has 1 saturated carbocycles. The van der Waals surface area contributed by atoms with Crippen molar-refractivity contribution in [2.75, 3.05) is 49.6 Å². The minimum absolute atomic E-state index is 0.0216. The summed E-state index contributed by atoms with van der Waals surface area (Å²) in [5.74, 6) is 0.441. The van der Waals surface area contributed by atoms with Gasteiger partial charge < -0.3 is 29.9 Å². The predicted octanol–water partition coefficient (Wildman–Crippen LogP) is 6.50. The van der Waals surface area contributed by atoms with E-state index in [2.05, 4.69) is 97.8 Å². The Labute approximate surface area is 263 Å². The average Bonchev–Trinajstić information content (AvgIpc) is 3.52. The molecule has 2 saturated heterocycles. The minimum Gasteiger partial charge on any atom is -0.486 e. The van der Waals surface area contributed by atoms with Gasteiger partial charge >= 0.3 is 0 Å². The monoisotopic (exact) mass is 598 g/mol. The first-order chi connectivity index (χ1) is 21.3. The number of nitrogens with one attached hydrogen (secondary N) is 2. The highest BCUT2D eigenvalue weighted by Gasteiger charge is 2.40. The van der Waals surface area contributed by atoms with Crippen LogP contribution in [0, 0.1) is 12.3 Å². The molecule has 0 aromatic heterocycles. The Balaban J connectivity index is 1.27. The summed E-state index contributed by atoms with van der Waals surface area (Å²) in [4.78, 5) is 18.9. The molecule has 0 radical (unpaired) electrons. The first-order valence-corrected chi connectivity index (χ1v) is 16.7. The lowest BCUT2D eigenvalue weighted by molar-refractivity contribution is -0.119. The van der Waals surface area contributed by atoms with Crippen LogP contribution in [-0.4, -0.2) is 62.3 Å². The second-order valence-electron chi connectivity index (χ2n) is 13.5. The summed E-state index contributed by atoms with van der Waals surface area (Å²) >= 11 is 0. The van der Waals surface area contributed by atoms with Gasteiger partial charge in [0.25, 0.3) is 5.91 Å². The summed E-state index contributed by atoms with van der Waals surface area (Å²) in [5, 5.41) is 7.32. The topological polar surface area (TPSA) is 66.1 Å². The highest BCUT2D eigenvalue weighted by atomic mass is 16.5. The van der Waals surface area contributed by atoms with Crippen LogP contribution in [-0.2, 0) is 20.7 Å². The van der Waals surface area contributed by atoms with Gasteiger partial charge in [0.1, 0.15) is 0 Å². The van der Waals surface area contributed by atoms with Crippen molar-refractivity contribution in [2.45, 2.75) is 84.4 Å². The zero-order valence-electron chi connectivity index (χ0n) is 27.0. The maximum Gasteiger partial charge on any atom is 0.295 e. The molecule has 2 N–H and O–H groups in total. The van der Waals surface area contributed by atoms with Gasteiger partial charge in [0.2, 0.25) is 5.76 Å². The molecular weight excluding hydrogens is 548 g/mol. The van der Waals surface area contributed by atoms with Gasteiger partial charge in [-0.05, 0) is 99.4 Å². The normalized spacial score (nSPS) is 27.5. The summed E-state index contributed by atoms with van der Waals surface area (Å²) < 4.78 is 12.4. The second kappa shape index (κ2) is 13.4. The van der Waals surface area contributed by atoms with Crippen molar-refractivity contribution in [3.63, 3.8) is 0 Å². The number of aryl methyl sites for hydroxylation is 2. The number of amides is 1. The number of rotatable bonds is 10. The minimum atomic E-state index is -0.0396.